The molecule has 9 nitrogen and oxygen atoms in total. The number of hydrogen-bond acceptors (Lipinski definition) is 7. The maximum atomic E-state index is 12.4. The van der Waals surface area contributed by atoms with Gasteiger partial charge < -0.3 is 14.8 Å². The van der Waals surface area contributed by atoms with E-state index in [1.54, 1.807) is 12.1 Å². The van der Waals surface area contributed by atoms with Gasteiger partial charge in [-0.3, -0.25) is 24.7 Å². The van der Waals surface area contributed by atoms with Gasteiger partial charge in [0.1, 0.15) is 11.5 Å². The van der Waals surface area contributed by atoms with Crippen molar-refractivity contribution in [1.29, 1.82) is 0 Å². The molecule has 0 aromatic heterocycles. The largest absolute Gasteiger partial charge is 0.573 e. The van der Waals surface area contributed by atoms with Gasteiger partial charge in [-0.25, -0.2) is 0 Å². The lowest BCUT2D eigenvalue weighted by Gasteiger charge is -2.34. The number of benzene rings is 2. The van der Waals surface area contributed by atoms with Gasteiger partial charge in [0.05, 0.1) is 30.3 Å². The maximum absolute atomic E-state index is 12.4. The molecule has 0 saturated carbocycles. The average molecular weight is 468 g/mol. The summed E-state index contributed by atoms with van der Waals surface area (Å²) in [6.45, 7) is 3.38. The number of nitro benzene ring substituents is 1. The predicted octanol–water partition coefficient (Wildman–Crippen LogP) is 3.26. The van der Waals surface area contributed by atoms with Gasteiger partial charge in [-0.2, -0.15) is 0 Å². The number of anilines is 1. The highest BCUT2D eigenvalue weighted by Gasteiger charge is 2.31. The van der Waals surface area contributed by atoms with Crippen LogP contribution in [0.25, 0.3) is 0 Å². The predicted molar refractivity (Wildman–Crippen MR) is 113 cm³/mol. The summed E-state index contributed by atoms with van der Waals surface area (Å²) in [6, 6.07) is 9.73. The molecule has 0 aliphatic carbocycles. The monoisotopic (exact) mass is 468 g/mol. The first-order valence-corrected chi connectivity index (χ1v) is 10.0. The van der Waals surface area contributed by atoms with E-state index in [-0.39, 0.29) is 29.6 Å². The second-order valence-corrected chi connectivity index (χ2v) is 7.43. The molecular formula is C21H23F3N4O5. The third kappa shape index (κ3) is 7.32. The zero-order valence-electron chi connectivity index (χ0n) is 17.8. The molecule has 0 spiro atoms. The number of ether oxygens (including phenoxy) is 2. The van der Waals surface area contributed by atoms with E-state index >= 15 is 0 Å². The van der Waals surface area contributed by atoms with Gasteiger partial charge in [0.2, 0.25) is 5.91 Å². The van der Waals surface area contributed by atoms with Crippen LogP contribution in [0.15, 0.2) is 42.5 Å². The van der Waals surface area contributed by atoms with Crippen LogP contribution in [0.4, 0.5) is 24.5 Å². The smallest absolute Gasteiger partial charge is 0.494 e. The number of piperazine rings is 1. The Morgan fingerprint density at radius 2 is 1.73 bits per heavy atom. The molecule has 1 N–H and O–H groups in total. The molecular weight excluding hydrogens is 445 g/mol. The molecule has 1 fully saturated rings. The number of rotatable bonds is 8. The fourth-order valence-electron chi connectivity index (χ4n) is 3.45. The fourth-order valence-corrected chi connectivity index (χ4v) is 3.45. The second-order valence-electron chi connectivity index (χ2n) is 7.43. The molecule has 0 atom stereocenters. The number of methoxy groups -OCH3 is 1. The molecule has 178 valence electrons. The van der Waals surface area contributed by atoms with Crippen molar-refractivity contribution in [2.75, 3.05) is 45.2 Å². The Labute approximate surface area is 187 Å². The number of nitrogens with one attached hydrogen (secondary N) is 1. The van der Waals surface area contributed by atoms with E-state index in [1.807, 2.05) is 4.90 Å². The van der Waals surface area contributed by atoms with E-state index < -0.39 is 11.3 Å². The summed E-state index contributed by atoms with van der Waals surface area (Å²) in [5.41, 5.74) is 1.08. The minimum atomic E-state index is -4.71. The number of amides is 1. The lowest BCUT2D eigenvalue weighted by Crippen LogP contribution is -2.48. The zero-order valence-corrected chi connectivity index (χ0v) is 17.8. The highest BCUT2D eigenvalue weighted by Crippen LogP contribution is 2.29. The van der Waals surface area contributed by atoms with Gasteiger partial charge in [-0.05, 0) is 23.8 Å². The van der Waals surface area contributed by atoms with Crippen molar-refractivity contribution in [3.05, 3.63) is 58.1 Å². The van der Waals surface area contributed by atoms with Crippen LogP contribution in [-0.2, 0) is 11.3 Å². The minimum Gasteiger partial charge on any atom is -0.494 e. The molecule has 2 aromatic carbocycles. The van der Waals surface area contributed by atoms with Crippen LogP contribution >= 0.6 is 0 Å². The lowest BCUT2D eigenvalue weighted by atomic mass is 10.2. The molecule has 2 aromatic rings. The van der Waals surface area contributed by atoms with Crippen LogP contribution in [0.5, 0.6) is 11.5 Å². The highest BCUT2D eigenvalue weighted by atomic mass is 19.4. The van der Waals surface area contributed by atoms with Crippen LogP contribution < -0.4 is 14.8 Å². The van der Waals surface area contributed by atoms with Crippen molar-refractivity contribution in [2.45, 2.75) is 12.9 Å². The Morgan fingerprint density at radius 1 is 1.09 bits per heavy atom. The van der Waals surface area contributed by atoms with E-state index in [1.165, 1.54) is 37.4 Å². The van der Waals surface area contributed by atoms with Crippen molar-refractivity contribution in [1.82, 2.24) is 9.80 Å². The minimum absolute atomic E-state index is 0.136. The standard InChI is InChI=1S/C21H23F3N4O5/c1-32-19-12-16(28(30)31)4-7-18(19)25-20(29)14-27-10-8-26(9-11-27)13-15-2-5-17(6-3-15)33-21(22,23)24/h2-7,12H,8-11,13-14H2,1H3,(H,25,29). The summed E-state index contributed by atoms with van der Waals surface area (Å²) < 4.78 is 45.8. The van der Waals surface area contributed by atoms with E-state index in [2.05, 4.69) is 15.0 Å². The quantitative estimate of drug-likeness (QED) is 0.469. The molecule has 1 amide bonds. The Kier molecular flexibility index (Phi) is 7.71. The fraction of sp³-hybridized carbons (Fsp3) is 0.381. The summed E-state index contributed by atoms with van der Waals surface area (Å²) in [7, 11) is 1.37. The van der Waals surface area contributed by atoms with Crippen molar-refractivity contribution < 1.29 is 32.4 Å². The van der Waals surface area contributed by atoms with Crippen LogP contribution in [0.3, 0.4) is 0 Å². The van der Waals surface area contributed by atoms with Gasteiger partial charge in [0.25, 0.3) is 5.69 Å². The molecule has 0 unspecified atom stereocenters. The summed E-state index contributed by atoms with van der Waals surface area (Å²) in [6.07, 6.45) is -4.71. The molecule has 1 aliphatic rings. The third-order valence-electron chi connectivity index (χ3n) is 5.07. The number of nitrogens with zero attached hydrogens (tertiary/aromatic N) is 3. The first-order valence-electron chi connectivity index (χ1n) is 10.0. The number of nitro groups is 1. The first kappa shape index (κ1) is 24.3. The Balaban J connectivity index is 1.45. The maximum Gasteiger partial charge on any atom is 0.573 e. The van der Waals surface area contributed by atoms with Gasteiger partial charge in [-0.1, -0.05) is 12.1 Å². The molecule has 3 rings (SSSR count). The van der Waals surface area contributed by atoms with Gasteiger partial charge in [-0.15, -0.1) is 13.2 Å². The van der Waals surface area contributed by atoms with E-state index in [0.29, 0.717) is 38.4 Å². The normalized spacial score (nSPS) is 15.2. The third-order valence-corrected chi connectivity index (χ3v) is 5.07. The summed E-state index contributed by atoms with van der Waals surface area (Å²) >= 11 is 0. The number of non-ortho nitro benzene ring substituents is 1. The second kappa shape index (κ2) is 10.5. The summed E-state index contributed by atoms with van der Waals surface area (Å²) in [4.78, 5) is 26.9. The van der Waals surface area contributed by atoms with E-state index in [9.17, 15) is 28.1 Å². The van der Waals surface area contributed by atoms with Crippen LogP contribution in [0.1, 0.15) is 5.56 Å². The van der Waals surface area contributed by atoms with E-state index in [0.717, 1.165) is 5.56 Å². The first-order chi connectivity index (χ1) is 15.6. The number of carbonyl (C=O) groups excluding carboxylic acids is 1. The number of alkyl halides is 3. The summed E-state index contributed by atoms with van der Waals surface area (Å²) in [5, 5.41) is 13.6. The Morgan fingerprint density at radius 3 is 2.30 bits per heavy atom. The van der Waals surface area contributed by atoms with Crippen molar-refractivity contribution in [2.24, 2.45) is 0 Å². The Bertz CT molecular complexity index is 977. The molecule has 1 heterocycles. The SMILES string of the molecule is COc1cc([N+](=O)[O-])ccc1NC(=O)CN1CCN(Cc2ccc(OC(F)(F)F)cc2)CC1. The lowest BCUT2D eigenvalue weighted by molar-refractivity contribution is -0.384. The topological polar surface area (TPSA) is 97.2 Å². The molecule has 0 bridgehead atoms. The molecule has 0 radical (unpaired) electrons. The van der Waals surface area contributed by atoms with Crippen molar-refractivity contribution >= 4 is 17.3 Å². The van der Waals surface area contributed by atoms with Gasteiger partial charge in [0, 0.05) is 38.8 Å². The van der Waals surface area contributed by atoms with Gasteiger partial charge in [0.15, 0.2) is 0 Å². The van der Waals surface area contributed by atoms with Crippen LogP contribution in [0.2, 0.25) is 0 Å². The van der Waals surface area contributed by atoms with Crippen molar-refractivity contribution in [3.63, 3.8) is 0 Å². The van der Waals surface area contributed by atoms with Crippen molar-refractivity contribution in [3.8, 4) is 11.5 Å². The molecule has 12 heteroatoms. The molecule has 1 saturated heterocycles. The number of carbonyl (C=O) groups is 1. The zero-order chi connectivity index (χ0) is 24.0. The summed E-state index contributed by atoms with van der Waals surface area (Å²) in [5.74, 6) is -0.323. The number of halogens is 3. The highest BCUT2D eigenvalue weighted by molar-refractivity contribution is 5.93. The molecule has 33 heavy (non-hydrogen) atoms. The Hall–Kier alpha value is -3.38. The van der Waals surface area contributed by atoms with E-state index in [4.69, 9.17) is 4.74 Å². The average Bonchev–Trinajstić information content (AvgIpc) is 2.75. The molecule has 1 aliphatic heterocycles. The number of hydrogen-bond donors (Lipinski definition) is 1. The van der Waals surface area contributed by atoms with Crippen LogP contribution in [-0.4, -0.2) is 66.8 Å². The van der Waals surface area contributed by atoms with Crippen LogP contribution in [0, 0.1) is 10.1 Å². The van der Waals surface area contributed by atoms with Gasteiger partial charge >= 0.3 is 6.36 Å².